The number of ether oxygens (including phenoxy) is 1. The standard InChI is InChI=1S/C25H23F3N2O5/c1-12-25(2,34)24(33)22(32)23(35-12)14-8-9-29-11-13(14)10-19(31)18-7-6-17(28)21(30-18)20-15(26)4-3-5-16(20)27/h3-9,11-12,22-24,32-34H,10H2,1-2H3/t12-,22+,23+,24-,25-/m1/s1. The van der Waals surface area contributed by atoms with Gasteiger partial charge in [-0.15, -0.1) is 0 Å². The summed E-state index contributed by atoms with van der Waals surface area (Å²) in [5.41, 5.74) is -2.58. The maximum absolute atomic E-state index is 14.4. The zero-order valence-corrected chi connectivity index (χ0v) is 18.8. The number of hydrogen-bond donors (Lipinski definition) is 3. The first-order chi connectivity index (χ1) is 16.5. The number of carbonyl (C=O) groups excluding carboxylic acids is 1. The molecule has 1 fully saturated rings. The van der Waals surface area contributed by atoms with Gasteiger partial charge < -0.3 is 20.1 Å². The van der Waals surface area contributed by atoms with E-state index in [1.165, 1.54) is 25.4 Å². The fourth-order valence-corrected chi connectivity index (χ4v) is 4.07. The van der Waals surface area contributed by atoms with Crippen molar-refractivity contribution >= 4 is 5.78 Å². The minimum Gasteiger partial charge on any atom is -0.387 e. The predicted octanol–water partition coefficient (Wildman–Crippen LogP) is 2.92. The number of halogens is 3. The van der Waals surface area contributed by atoms with E-state index >= 15 is 0 Å². The average Bonchev–Trinajstić information content (AvgIpc) is 2.82. The van der Waals surface area contributed by atoms with E-state index in [2.05, 4.69) is 9.97 Å². The molecule has 1 saturated heterocycles. The summed E-state index contributed by atoms with van der Waals surface area (Å²) in [6.07, 6.45) is -2.47. The summed E-state index contributed by atoms with van der Waals surface area (Å²) >= 11 is 0. The lowest BCUT2D eigenvalue weighted by Gasteiger charge is -2.46. The number of pyridine rings is 2. The zero-order valence-electron chi connectivity index (χ0n) is 18.8. The van der Waals surface area contributed by atoms with Gasteiger partial charge in [0.2, 0.25) is 0 Å². The lowest BCUT2D eigenvalue weighted by atomic mass is 9.82. The Hall–Kier alpha value is -3.18. The van der Waals surface area contributed by atoms with Crippen molar-refractivity contribution in [2.75, 3.05) is 0 Å². The third-order valence-electron chi connectivity index (χ3n) is 6.34. The van der Waals surface area contributed by atoms with Crippen LogP contribution in [-0.4, -0.2) is 55.0 Å². The third-order valence-corrected chi connectivity index (χ3v) is 6.34. The molecule has 1 aromatic carbocycles. The van der Waals surface area contributed by atoms with E-state index in [9.17, 15) is 33.3 Å². The van der Waals surface area contributed by atoms with E-state index < -0.39 is 64.5 Å². The van der Waals surface area contributed by atoms with Crippen molar-refractivity contribution in [3.05, 3.63) is 83.1 Å². The summed E-state index contributed by atoms with van der Waals surface area (Å²) in [5.74, 6) is -3.66. The van der Waals surface area contributed by atoms with Crippen LogP contribution in [0.15, 0.2) is 48.8 Å². The molecule has 7 nitrogen and oxygen atoms in total. The molecule has 3 aromatic rings. The van der Waals surface area contributed by atoms with Crippen LogP contribution in [0.2, 0.25) is 0 Å². The van der Waals surface area contributed by atoms with E-state index in [4.69, 9.17) is 4.74 Å². The molecule has 0 bridgehead atoms. The summed E-state index contributed by atoms with van der Waals surface area (Å²) in [5, 5.41) is 31.4. The second-order valence-electron chi connectivity index (χ2n) is 8.66. The number of ketones is 1. The van der Waals surface area contributed by atoms with Crippen molar-refractivity contribution < 1.29 is 38.0 Å². The summed E-state index contributed by atoms with van der Waals surface area (Å²) in [6, 6.07) is 6.55. The lowest BCUT2D eigenvalue weighted by Crippen LogP contribution is -2.61. The highest BCUT2D eigenvalue weighted by atomic mass is 19.1. The van der Waals surface area contributed by atoms with E-state index in [1.54, 1.807) is 6.92 Å². The molecule has 3 heterocycles. The van der Waals surface area contributed by atoms with Gasteiger partial charge in [-0.1, -0.05) is 6.07 Å². The maximum Gasteiger partial charge on any atom is 0.185 e. The molecule has 0 radical (unpaired) electrons. The smallest absolute Gasteiger partial charge is 0.185 e. The molecular formula is C25H23F3N2O5. The van der Waals surface area contributed by atoms with Crippen LogP contribution in [-0.2, 0) is 11.2 Å². The van der Waals surface area contributed by atoms with Crippen LogP contribution in [0.4, 0.5) is 13.2 Å². The van der Waals surface area contributed by atoms with Gasteiger partial charge in [-0.3, -0.25) is 9.78 Å². The number of aromatic nitrogens is 2. The molecule has 2 aromatic heterocycles. The molecule has 10 heteroatoms. The van der Waals surface area contributed by atoms with Gasteiger partial charge >= 0.3 is 0 Å². The van der Waals surface area contributed by atoms with Crippen molar-refractivity contribution in [1.29, 1.82) is 0 Å². The Morgan fingerprint density at radius 1 is 1.09 bits per heavy atom. The molecule has 0 amide bonds. The van der Waals surface area contributed by atoms with E-state index in [0.717, 1.165) is 30.3 Å². The van der Waals surface area contributed by atoms with Gasteiger partial charge in [0.1, 0.15) is 52.8 Å². The summed E-state index contributed by atoms with van der Waals surface area (Å²) in [7, 11) is 0. The van der Waals surface area contributed by atoms with E-state index in [0.29, 0.717) is 11.1 Å². The highest BCUT2D eigenvalue weighted by molar-refractivity contribution is 5.96. The monoisotopic (exact) mass is 488 g/mol. The second kappa shape index (κ2) is 9.46. The SMILES string of the molecule is C[C@H]1O[C@@H](c2ccncc2CC(=O)c2ccc(F)c(-c3c(F)cccc3F)n2)[C@H](O)[C@@H](O)[C@]1(C)O. The predicted molar refractivity (Wildman–Crippen MR) is 118 cm³/mol. The van der Waals surface area contributed by atoms with E-state index in [1.807, 2.05) is 0 Å². The van der Waals surface area contributed by atoms with Crippen LogP contribution in [0.5, 0.6) is 0 Å². The van der Waals surface area contributed by atoms with Crippen LogP contribution in [0.25, 0.3) is 11.3 Å². The second-order valence-corrected chi connectivity index (χ2v) is 8.66. The van der Waals surface area contributed by atoms with Crippen LogP contribution < -0.4 is 0 Å². The fourth-order valence-electron chi connectivity index (χ4n) is 4.07. The number of rotatable bonds is 5. The third kappa shape index (κ3) is 4.57. The van der Waals surface area contributed by atoms with Crippen molar-refractivity contribution in [3.63, 3.8) is 0 Å². The highest BCUT2D eigenvalue weighted by Crippen LogP contribution is 2.38. The summed E-state index contributed by atoms with van der Waals surface area (Å²) in [6.45, 7) is 2.88. The Morgan fingerprint density at radius 3 is 2.46 bits per heavy atom. The number of aliphatic hydroxyl groups excluding tert-OH is 2. The molecule has 5 atom stereocenters. The van der Waals surface area contributed by atoms with Crippen molar-refractivity contribution in [3.8, 4) is 11.3 Å². The Balaban J connectivity index is 1.66. The van der Waals surface area contributed by atoms with Crippen LogP contribution in [0.3, 0.4) is 0 Å². The molecule has 0 unspecified atom stereocenters. The van der Waals surface area contributed by atoms with Gasteiger partial charge in [-0.05, 0) is 55.3 Å². The highest BCUT2D eigenvalue weighted by Gasteiger charge is 2.50. The number of carbonyl (C=O) groups is 1. The Bertz CT molecular complexity index is 1250. The number of Topliss-reactive ketones (excluding diaryl/α,β-unsaturated/α-hetero) is 1. The molecule has 35 heavy (non-hydrogen) atoms. The van der Waals surface area contributed by atoms with Crippen LogP contribution in [0, 0.1) is 17.5 Å². The van der Waals surface area contributed by atoms with Gasteiger partial charge in [-0.25, -0.2) is 18.2 Å². The first kappa shape index (κ1) is 24.9. The molecule has 0 aliphatic carbocycles. The van der Waals surface area contributed by atoms with Crippen LogP contribution >= 0.6 is 0 Å². The topological polar surface area (TPSA) is 113 Å². The Morgan fingerprint density at radius 2 is 1.77 bits per heavy atom. The maximum atomic E-state index is 14.4. The lowest BCUT2D eigenvalue weighted by molar-refractivity contribution is -0.261. The molecule has 0 spiro atoms. The van der Waals surface area contributed by atoms with Crippen LogP contribution in [0.1, 0.15) is 41.6 Å². The van der Waals surface area contributed by atoms with Gasteiger partial charge in [-0.2, -0.15) is 0 Å². The van der Waals surface area contributed by atoms with Gasteiger partial charge in [0.25, 0.3) is 0 Å². The van der Waals surface area contributed by atoms with Crippen molar-refractivity contribution in [2.45, 2.75) is 50.3 Å². The number of nitrogens with zero attached hydrogens (tertiary/aromatic N) is 2. The average molecular weight is 488 g/mol. The first-order valence-corrected chi connectivity index (χ1v) is 10.8. The number of hydrogen-bond acceptors (Lipinski definition) is 7. The zero-order chi connectivity index (χ0) is 25.5. The van der Waals surface area contributed by atoms with Crippen molar-refractivity contribution in [2.24, 2.45) is 0 Å². The largest absolute Gasteiger partial charge is 0.387 e. The normalized spacial score (nSPS) is 26.5. The van der Waals surface area contributed by atoms with Gasteiger partial charge in [0.05, 0.1) is 11.7 Å². The Kier molecular flexibility index (Phi) is 6.74. The minimum atomic E-state index is -1.70. The van der Waals surface area contributed by atoms with Gasteiger partial charge in [0, 0.05) is 18.8 Å². The molecule has 4 rings (SSSR count). The number of aliphatic hydroxyl groups is 3. The fraction of sp³-hybridized carbons (Fsp3) is 0.320. The number of benzene rings is 1. The van der Waals surface area contributed by atoms with Crippen molar-refractivity contribution in [1.82, 2.24) is 9.97 Å². The molecule has 1 aliphatic rings. The molecular weight excluding hydrogens is 465 g/mol. The molecule has 1 aliphatic heterocycles. The molecule has 0 saturated carbocycles. The quantitative estimate of drug-likeness (QED) is 0.474. The first-order valence-electron chi connectivity index (χ1n) is 10.8. The molecule has 184 valence electrons. The van der Waals surface area contributed by atoms with E-state index in [-0.39, 0.29) is 12.1 Å². The summed E-state index contributed by atoms with van der Waals surface area (Å²) in [4.78, 5) is 20.9. The Labute approximate surface area is 198 Å². The molecule has 3 N–H and O–H groups in total. The van der Waals surface area contributed by atoms with Gasteiger partial charge in [0.15, 0.2) is 5.78 Å². The minimum absolute atomic E-state index is 0.236. The summed E-state index contributed by atoms with van der Waals surface area (Å²) < 4.78 is 48.5.